The Morgan fingerprint density at radius 1 is 1.13 bits per heavy atom. The van der Waals surface area contributed by atoms with Crippen molar-refractivity contribution in [2.75, 3.05) is 13.7 Å². The van der Waals surface area contributed by atoms with E-state index in [0.717, 1.165) is 16.7 Å². The van der Waals surface area contributed by atoms with E-state index in [9.17, 15) is 8.42 Å². The molecule has 4 nitrogen and oxygen atoms in total. The monoisotopic (exact) mass is 353 g/mol. The highest BCUT2D eigenvalue weighted by Crippen LogP contribution is 2.25. The van der Waals surface area contributed by atoms with E-state index in [1.807, 2.05) is 32.0 Å². The lowest BCUT2D eigenvalue weighted by Gasteiger charge is -2.18. The van der Waals surface area contributed by atoms with E-state index in [2.05, 4.69) is 4.72 Å². The first kappa shape index (κ1) is 17.9. The number of ether oxygens (including phenoxy) is 1. The third kappa shape index (κ3) is 4.32. The molecule has 6 heteroatoms. The van der Waals surface area contributed by atoms with Crippen LogP contribution in [0.2, 0.25) is 5.02 Å². The van der Waals surface area contributed by atoms with Gasteiger partial charge in [0.2, 0.25) is 10.0 Å². The van der Waals surface area contributed by atoms with Gasteiger partial charge in [-0.3, -0.25) is 0 Å². The lowest BCUT2D eigenvalue weighted by atomic mass is 10.1. The molecule has 0 saturated heterocycles. The molecule has 124 valence electrons. The predicted molar refractivity (Wildman–Crippen MR) is 92.3 cm³/mol. The number of rotatable bonds is 6. The summed E-state index contributed by atoms with van der Waals surface area (Å²) in [6.45, 7) is 3.93. The SMILES string of the molecule is COC(CNS(=O)(=O)c1ccc(C)c(C)c1)c1ccccc1Cl. The standard InChI is InChI=1S/C17H20ClNO3S/c1-12-8-9-14(10-13(12)2)23(20,21)19-11-17(22-3)15-6-4-5-7-16(15)18/h4-10,17,19H,11H2,1-3H3. The van der Waals surface area contributed by atoms with Crippen LogP contribution in [-0.2, 0) is 14.8 Å². The molecule has 0 amide bonds. The molecular formula is C17H20ClNO3S. The van der Waals surface area contributed by atoms with Crippen molar-refractivity contribution in [3.63, 3.8) is 0 Å². The normalized spacial score (nSPS) is 13.0. The molecule has 0 radical (unpaired) electrons. The van der Waals surface area contributed by atoms with E-state index in [1.165, 1.54) is 7.11 Å². The Labute approximate surface area is 142 Å². The van der Waals surface area contributed by atoms with Gasteiger partial charge in [-0.05, 0) is 43.2 Å². The maximum atomic E-state index is 12.4. The summed E-state index contributed by atoms with van der Waals surface area (Å²) in [7, 11) is -2.07. The Morgan fingerprint density at radius 2 is 1.83 bits per heavy atom. The summed E-state index contributed by atoms with van der Waals surface area (Å²) >= 11 is 6.15. The molecule has 0 aromatic heterocycles. The maximum Gasteiger partial charge on any atom is 0.240 e. The van der Waals surface area contributed by atoms with Crippen LogP contribution in [0.25, 0.3) is 0 Å². The molecule has 1 N–H and O–H groups in total. The number of hydrogen-bond acceptors (Lipinski definition) is 3. The number of sulfonamides is 1. The van der Waals surface area contributed by atoms with Crippen molar-refractivity contribution in [3.05, 3.63) is 64.2 Å². The molecule has 0 heterocycles. The second-order valence-corrected chi connectivity index (χ2v) is 7.52. The Kier molecular flexibility index (Phi) is 5.81. The van der Waals surface area contributed by atoms with Crippen LogP contribution in [0.4, 0.5) is 0 Å². The largest absolute Gasteiger partial charge is 0.375 e. The van der Waals surface area contributed by atoms with Gasteiger partial charge in [0.1, 0.15) is 0 Å². The van der Waals surface area contributed by atoms with Crippen LogP contribution in [0, 0.1) is 13.8 Å². The van der Waals surface area contributed by atoms with Crippen molar-refractivity contribution in [2.45, 2.75) is 24.8 Å². The minimum Gasteiger partial charge on any atom is -0.375 e. The van der Waals surface area contributed by atoms with E-state index < -0.39 is 16.1 Å². The first-order valence-corrected chi connectivity index (χ1v) is 9.05. The van der Waals surface area contributed by atoms with Gasteiger partial charge in [-0.2, -0.15) is 0 Å². The fraction of sp³-hybridized carbons (Fsp3) is 0.294. The molecular weight excluding hydrogens is 334 g/mol. The van der Waals surface area contributed by atoms with Crippen LogP contribution in [0.15, 0.2) is 47.4 Å². The Morgan fingerprint density at radius 3 is 2.43 bits per heavy atom. The van der Waals surface area contributed by atoms with Gasteiger partial charge >= 0.3 is 0 Å². The van der Waals surface area contributed by atoms with Gasteiger partial charge in [0.05, 0.1) is 11.0 Å². The Bertz CT molecular complexity index is 790. The van der Waals surface area contributed by atoms with Crippen molar-refractivity contribution >= 4 is 21.6 Å². The van der Waals surface area contributed by atoms with E-state index >= 15 is 0 Å². The number of hydrogen-bond donors (Lipinski definition) is 1. The van der Waals surface area contributed by atoms with Crippen LogP contribution in [0.1, 0.15) is 22.8 Å². The van der Waals surface area contributed by atoms with E-state index in [-0.39, 0.29) is 11.4 Å². The highest BCUT2D eigenvalue weighted by atomic mass is 35.5. The zero-order valence-electron chi connectivity index (χ0n) is 13.3. The second kappa shape index (κ2) is 7.45. The van der Waals surface area contributed by atoms with E-state index in [0.29, 0.717) is 5.02 Å². The molecule has 1 atom stereocenters. The average molecular weight is 354 g/mol. The number of nitrogens with one attached hydrogen (secondary N) is 1. The molecule has 23 heavy (non-hydrogen) atoms. The first-order chi connectivity index (χ1) is 10.8. The smallest absolute Gasteiger partial charge is 0.240 e. The number of benzene rings is 2. The highest BCUT2D eigenvalue weighted by molar-refractivity contribution is 7.89. The van der Waals surface area contributed by atoms with E-state index in [4.69, 9.17) is 16.3 Å². The lowest BCUT2D eigenvalue weighted by molar-refractivity contribution is 0.107. The topological polar surface area (TPSA) is 55.4 Å². The fourth-order valence-corrected chi connectivity index (χ4v) is 3.58. The molecule has 2 aromatic rings. The number of methoxy groups -OCH3 is 1. The fourth-order valence-electron chi connectivity index (χ4n) is 2.21. The van der Waals surface area contributed by atoms with Gasteiger partial charge in [-0.1, -0.05) is 35.9 Å². The Hall–Kier alpha value is -1.40. The molecule has 1 unspecified atom stereocenters. The molecule has 0 aliphatic carbocycles. The zero-order chi connectivity index (χ0) is 17.0. The predicted octanol–water partition coefficient (Wildman–Crippen LogP) is 3.62. The van der Waals surface area contributed by atoms with Crippen molar-refractivity contribution in [1.82, 2.24) is 4.72 Å². The Balaban J connectivity index is 2.17. The molecule has 0 bridgehead atoms. The molecule has 2 rings (SSSR count). The van der Waals surface area contributed by atoms with Crippen molar-refractivity contribution < 1.29 is 13.2 Å². The van der Waals surface area contributed by atoms with Crippen molar-refractivity contribution in [3.8, 4) is 0 Å². The second-order valence-electron chi connectivity index (χ2n) is 5.34. The van der Waals surface area contributed by atoms with Crippen LogP contribution in [0.3, 0.4) is 0 Å². The zero-order valence-corrected chi connectivity index (χ0v) is 14.9. The quantitative estimate of drug-likeness (QED) is 0.862. The van der Waals surface area contributed by atoms with Crippen LogP contribution < -0.4 is 4.72 Å². The van der Waals surface area contributed by atoms with Gasteiger partial charge in [0.15, 0.2) is 0 Å². The van der Waals surface area contributed by atoms with Crippen LogP contribution in [0.5, 0.6) is 0 Å². The average Bonchev–Trinajstić information content (AvgIpc) is 2.52. The third-order valence-electron chi connectivity index (χ3n) is 3.78. The summed E-state index contributed by atoms with van der Waals surface area (Å²) in [6.07, 6.45) is -0.454. The number of halogens is 1. The summed E-state index contributed by atoms with van der Waals surface area (Å²) in [4.78, 5) is 0.245. The van der Waals surface area contributed by atoms with Gasteiger partial charge in [-0.15, -0.1) is 0 Å². The summed E-state index contributed by atoms with van der Waals surface area (Å²) in [5, 5.41) is 0.546. The maximum absolute atomic E-state index is 12.4. The molecule has 0 aliphatic rings. The van der Waals surface area contributed by atoms with E-state index in [1.54, 1.807) is 24.3 Å². The molecule has 0 spiro atoms. The molecule has 0 saturated carbocycles. The summed E-state index contributed by atoms with van der Waals surface area (Å²) < 4.78 is 32.8. The van der Waals surface area contributed by atoms with Gasteiger partial charge in [-0.25, -0.2) is 13.1 Å². The van der Waals surface area contributed by atoms with Gasteiger partial charge in [0.25, 0.3) is 0 Å². The number of aryl methyl sites for hydroxylation is 2. The summed E-state index contributed by atoms with van der Waals surface area (Å²) in [5.74, 6) is 0. The molecule has 0 aliphatic heterocycles. The molecule has 0 fully saturated rings. The summed E-state index contributed by atoms with van der Waals surface area (Å²) in [5.41, 5.74) is 2.73. The van der Waals surface area contributed by atoms with Crippen LogP contribution >= 0.6 is 11.6 Å². The minimum atomic E-state index is -3.60. The van der Waals surface area contributed by atoms with Crippen molar-refractivity contribution in [1.29, 1.82) is 0 Å². The first-order valence-electron chi connectivity index (χ1n) is 7.19. The highest BCUT2D eigenvalue weighted by Gasteiger charge is 2.19. The lowest BCUT2D eigenvalue weighted by Crippen LogP contribution is -2.29. The van der Waals surface area contributed by atoms with Crippen LogP contribution in [-0.4, -0.2) is 22.1 Å². The van der Waals surface area contributed by atoms with Gasteiger partial charge in [0, 0.05) is 24.2 Å². The molecule has 2 aromatic carbocycles. The summed E-state index contributed by atoms with van der Waals surface area (Å²) in [6, 6.07) is 12.3. The van der Waals surface area contributed by atoms with Crippen molar-refractivity contribution in [2.24, 2.45) is 0 Å². The van der Waals surface area contributed by atoms with Gasteiger partial charge < -0.3 is 4.74 Å². The third-order valence-corrected chi connectivity index (χ3v) is 5.55. The minimum absolute atomic E-state index is 0.107.